The van der Waals surface area contributed by atoms with Gasteiger partial charge in [0.2, 0.25) is 11.8 Å². The van der Waals surface area contributed by atoms with E-state index in [0.717, 1.165) is 17.7 Å². The van der Waals surface area contributed by atoms with Crippen LogP contribution in [0.3, 0.4) is 0 Å². The molecule has 4 amide bonds. The summed E-state index contributed by atoms with van der Waals surface area (Å²) in [5.74, 6) is -0.115. The number of anilines is 2. The number of imide groups is 1. The fraction of sp³-hybridized carbons (Fsp3) is 0.189. The molecule has 0 radical (unpaired) electrons. The number of rotatable bonds is 13. The average molecular weight is 650 g/mol. The molecule has 1 fully saturated rings. The van der Waals surface area contributed by atoms with Crippen LogP contribution in [0, 0.1) is 0 Å². The molecule has 4 aromatic rings. The van der Waals surface area contributed by atoms with Crippen molar-refractivity contribution in [2.24, 2.45) is 0 Å². The van der Waals surface area contributed by atoms with Gasteiger partial charge in [-0.1, -0.05) is 43.7 Å². The Kier molecular flexibility index (Phi) is 11.1. The largest absolute Gasteiger partial charge is 0.497 e. The van der Waals surface area contributed by atoms with Crippen molar-refractivity contribution in [1.29, 1.82) is 0 Å². The lowest BCUT2D eigenvalue weighted by Gasteiger charge is -2.16. The van der Waals surface area contributed by atoms with Crippen LogP contribution in [-0.2, 0) is 14.4 Å². The molecule has 0 saturated carbocycles. The van der Waals surface area contributed by atoms with Gasteiger partial charge < -0.3 is 20.1 Å². The minimum absolute atomic E-state index is 0.0539. The fourth-order valence-electron chi connectivity index (χ4n) is 4.78. The van der Waals surface area contributed by atoms with Crippen molar-refractivity contribution in [3.8, 4) is 11.5 Å². The minimum Gasteiger partial charge on any atom is -0.497 e. The number of ether oxygens (including phenoxy) is 2. The van der Waals surface area contributed by atoms with Crippen molar-refractivity contribution in [3.63, 3.8) is 0 Å². The number of benzene rings is 4. The van der Waals surface area contributed by atoms with Crippen molar-refractivity contribution < 1.29 is 28.7 Å². The van der Waals surface area contributed by atoms with Gasteiger partial charge in [0.05, 0.1) is 24.7 Å². The molecular formula is C37H35N3O6S. The zero-order valence-corrected chi connectivity index (χ0v) is 26.9. The van der Waals surface area contributed by atoms with E-state index in [0.29, 0.717) is 40.6 Å². The molecule has 1 aliphatic heterocycles. The number of thioether (sulfide) groups is 1. The highest BCUT2D eigenvalue weighted by molar-refractivity contribution is 8.00. The maximum absolute atomic E-state index is 13.4. The normalized spacial score (nSPS) is 14.6. The van der Waals surface area contributed by atoms with Crippen molar-refractivity contribution in [3.05, 3.63) is 120 Å². The van der Waals surface area contributed by atoms with E-state index >= 15 is 0 Å². The predicted molar refractivity (Wildman–Crippen MR) is 184 cm³/mol. The molecule has 0 aromatic heterocycles. The van der Waals surface area contributed by atoms with Gasteiger partial charge in [-0.15, -0.1) is 11.8 Å². The quantitative estimate of drug-likeness (QED) is 0.0941. The molecule has 1 unspecified atom stereocenters. The third-order valence-corrected chi connectivity index (χ3v) is 8.51. The van der Waals surface area contributed by atoms with Gasteiger partial charge in [0.25, 0.3) is 11.8 Å². The summed E-state index contributed by atoms with van der Waals surface area (Å²) >= 11 is 1.29. The summed E-state index contributed by atoms with van der Waals surface area (Å²) in [6, 6.07) is 29.7. The van der Waals surface area contributed by atoms with Crippen LogP contribution in [0.25, 0.3) is 6.08 Å². The molecule has 0 aliphatic carbocycles. The Morgan fingerprint density at radius 2 is 1.57 bits per heavy atom. The molecule has 1 saturated heterocycles. The van der Waals surface area contributed by atoms with Crippen molar-refractivity contribution in [2.75, 3.05) is 23.9 Å². The highest BCUT2D eigenvalue weighted by atomic mass is 32.2. The van der Waals surface area contributed by atoms with E-state index in [9.17, 15) is 19.2 Å². The molecule has 1 atom stereocenters. The molecular weight excluding hydrogens is 614 g/mol. The maximum atomic E-state index is 13.4. The minimum atomic E-state index is -0.573. The van der Waals surface area contributed by atoms with Gasteiger partial charge in [-0.2, -0.15) is 0 Å². The lowest BCUT2D eigenvalue weighted by atomic mass is 10.1. The predicted octanol–water partition coefficient (Wildman–Crippen LogP) is 6.71. The van der Waals surface area contributed by atoms with Gasteiger partial charge in [0.1, 0.15) is 17.2 Å². The van der Waals surface area contributed by atoms with E-state index in [4.69, 9.17) is 9.47 Å². The summed E-state index contributed by atoms with van der Waals surface area (Å²) in [6.45, 7) is 2.71. The third kappa shape index (κ3) is 8.68. The smallest absolute Gasteiger partial charge is 0.272 e. The molecule has 10 heteroatoms. The van der Waals surface area contributed by atoms with Crippen LogP contribution in [0.1, 0.15) is 42.1 Å². The number of carbonyl (C=O) groups excluding carboxylic acids is 4. The summed E-state index contributed by atoms with van der Waals surface area (Å²) in [5, 5.41) is 4.98. The molecule has 240 valence electrons. The Labute approximate surface area is 278 Å². The Morgan fingerprint density at radius 1 is 0.894 bits per heavy atom. The van der Waals surface area contributed by atoms with Crippen molar-refractivity contribution in [2.45, 2.75) is 36.3 Å². The van der Waals surface area contributed by atoms with Crippen LogP contribution >= 0.6 is 11.8 Å². The van der Waals surface area contributed by atoms with Crippen LogP contribution < -0.4 is 25.0 Å². The standard InChI is InChI=1S/C37H35N3O6S/c1-3-4-22-46-30-18-14-28(15-19-30)40-34(41)24-33(37(40)44)47-31-20-12-27(13-21-31)38-36(43)32(23-25-10-16-29(45-2)17-11-25)39-35(42)26-8-6-5-7-9-26/h5-21,23,33H,3-4,22,24H2,1-2H3,(H,38,43)(H,39,42)/b32-23-. The Bertz CT molecular complexity index is 1740. The number of unbranched alkanes of at least 4 members (excludes halogenated alkanes) is 1. The second-order valence-electron chi connectivity index (χ2n) is 10.7. The second kappa shape index (κ2) is 15.8. The molecule has 1 heterocycles. The van der Waals surface area contributed by atoms with Crippen LogP contribution in [0.2, 0.25) is 0 Å². The topological polar surface area (TPSA) is 114 Å². The van der Waals surface area contributed by atoms with Gasteiger partial charge in [-0.25, -0.2) is 4.90 Å². The molecule has 0 bridgehead atoms. The highest BCUT2D eigenvalue weighted by Gasteiger charge is 2.40. The number of hydrogen-bond acceptors (Lipinski definition) is 7. The fourth-order valence-corrected chi connectivity index (χ4v) is 5.84. The first-order valence-electron chi connectivity index (χ1n) is 15.2. The van der Waals surface area contributed by atoms with E-state index in [1.165, 1.54) is 16.7 Å². The summed E-state index contributed by atoms with van der Waals surface area (Å²) < 4.78 is 10.9. The van der Waals surface area contributed by atoms with E-state index in [1.807, 2.05) is 0 Å². The zero-order valence-electron chi connectivity index (χ0n) is 26.1. The Hall–Kier alpha value is -5.35. The van der Waals surface area contributed by atoms with E-state index in [2.05, 4.69) is 17.6 Å². The number of amides is 4. The van der Waals surface area contributed by atoms with Crippen LogP contribution in [-0.4, -0.2) is 42.6 Å². The lowest BCUT2D eigenvalue weighted by molar-refractivity contribution is -0.121. The first kappa shape index (κ1) is 33.0. The molecule has 4 aromatic carbocycles. The van der Waals surface area contributed by atoms with Gasteiger partial charge in [0, 0.05) is 22.6 Å². The summed E-state index contributed by atoms with van der Waals surface area (Å²) in [6.07, 6.45) is 3.65. The van der Waals surface area contributed by atoms with Gasteiger partial charge in [0.15, 0.2) is 0 Å². The summed E-state index contributed by atoms with van der Waals surface area (Å²) in [5.41, 5.74) is 2.16. The van der Waals surface area contributed by atoms with Crippen LogP contribution in [0.15, 0.2) is 114 Å². The number of hydrogen-bond donors (Lipinski definition) is 2. The summed E-state index contributed by atoms with van der Waals surface area (Å²) in [4.78, 5) is 54.4. The SMILES string of the molecule is CCCCOc1ccc(N2C(=O)CC(Sc3ccc(NC(=O)/C(=C/c4ccc(OC)cc4)NC(=O)c4ccccc4)cc3)C2=O)cc1. The average Bonchev–Trinajstić information content (AvgIpc) is 3.37. The van der Waals surface area contributed by atoms with Crippen LogP contribution in [0.4, 0.5) is 11.4 Å². The Morgan fingerprint density at radius 3 is 2.23 bits per heavy atom. The highest BCUT2D eigenvalue weighted by Crippen LogP contribution is 2.35. The van der Waals surface area contributed by atoms with Gasteiger partial charge in [-0.05, 0) is 90.9 Å². The van der Waals surface area contributed by atoms with Crippen molar-refractivity contribution in [1.82, 2.24) is 5.32 Å². The van der Waals surface area contributed by atoms with Gasteiger partial charge in [-0.3, -0.25) is 19.2 Å². The molecule has 1 aliphatic rings. The zero-order chi connectivity index (χ0) is 33.2. The van der Waals surface area contributed by atoms with Crippen molar-refractivity contribution >= 4 is 52.8 Å². The lowest BCUT2D eigenvalue weighted by Crippen LogP contribution is -2.31. The second-order valence-corrected chi connectivity index (χ2v) is 12.0. The number of methoxy groups -OCH3 is 1. The van der Waals surface area contributed by atoms with E-state index < -0.39 is 17.1 Å². The molecule has 9 nitrogen and oxygen atoms in total. The maximum Gasteiger partial charge on any atom is 0.272 e. The Balaban J connectivity index is 1.24. The van der Waals surface area contributed by atoms with E-state index in [-0.39, 0.29) is 23.9 Å². The molecule has 47 heavy (non-hydrogen) atoms. The number of nitrogens with zero attached hydrogens (tertiary/aromatic N) is 1. The number of nitrogens with one attached hydrogen (secondary N) is 2. The van der Waals surface area contributed by atoms with Crippen LogP contribution in [0.5, 0.6) is 11.5 Å². The first-order chi connectivity index (χ1) is 22.8. The molecule has 0 spiro atoms. The van der Waals surface area contributed by atoms with E-state index in [1.54, 1.807) is 116 Å². The third-order valence-electron chi connectivity index (χ3n) is 7.31. The summed E-state index contributed by atoms with van der Waals surface area (Å²) in [7, 11) is 1.57. The number of carbonyl (C=O) groups is 4. The molecule has 5 rings (SSSR count). The molecule has 2 N–H and O–H groups in total. The monoisotopic (exact) mass is 649 g/mol. The van der Waals surface area contributed by atoms with Gasteiger partial charge >= 0.3 is 0 Å². The first-order valence-corrected chi connectivity index (χ1v) is 16.1.